The first-order valence-corrected chi connectivity index (χ1v) is 41.2. The van der Waals surface area contributed by atoms with Crippen LogP contribution in [0.25, 0.3) is 0 Å². The summed E-state index contributed by atoms with van der Waals surface area (Å²) in [5.74, 6) is 0.895. The lowest BCUT2D eigenvalue weighted by Crippen LogP contribution is -2.30. The van der Waals surface area contributed by atoms with Crippen LogP contribution in [0.3, 0.4) is 0 Å². The van der Waals surface area contributed by atoms with Gasteiger partial charge in [0.15, 0.2) is 12.2 Å². The van der Waals surface area contributed by atoms with Gasteiger partial charge in [-0.2, -0.15) is 0 Å². The van der Waals surface area contributed by atoms with Crippen LogP contribution < -0.4 is 0 Å². The van der Waals surface area contributed by atoms with Crippen molar-refractivity contribution in [1.29, 1.82) is 0 Å². The molecule has 19 heteroatoms. The fraction of sp³-hybridized carbons (Fsp3) is 0.946. The molecule has 93 heavy (non-hydrogen) atoms. The van der Waals surface area contributed by atoms with Gasteiger partial charge >= 0.3 is 39.5 Å². The van der Waals surface area contributed by atoms with Crippen molar-refractivity contribution < 1.29 is 80.2 Å². The van der Waals surface area contributed by atoms with Crippen LogP contribution in [-0.2, 0) is 65.4 Å². The summed E-state index contributed by atoms with van der Waals surface area (Å²) in [7, 11) is -9.91. The van der Waals surface area contributed by atoms with Gasteiger partial charge in [-0.05, 0) is 49.4 Å². The minimum Gasteiger partial charge on any atom is -0.462 e. The molecule has 0 aliphatic carbocycles. The minimum absolute atomic E-state index is 0.104. The van der Waals surface area contributed by atoms with Gasteiger partial charge in [0.25, 0.3) is 0 Å². The average molecular weight is 1370 g/mol. The number of unbranched alkanes of at least 4 members (excludes halogenated alkanes) is 37. The Morgan fingerprint density at radius 3 is 0.667 bits per heavy atom. The van der Waals surface area contributed by atoms with Crippen molar-refractivity contribution >= 4 is 39.5 Å². The van der Waals surface area contributed by atoms with Crippen LogP contribution in [0.2, 0.25) is 0 Å². The second-order valence-electron chi connectivity index (χ2n) is 28.6. The highest BCUT2D eigenvalue weighted by molar-refractivity contribution is 7.47. The summed E-state index contributed by atoms with van der Waals surface area (Å²) >= 11 is 0. The molecule has 0 heterocycles. The van der Waals surface area contributed by atoms with Crippen molar-refractivity contribution in [1.82, 2.24) is 0 Å². The zero-order valence-corrected chi connectivity index (χ0v) is 62.7. The van der Waals surface area contributed by atoms with Gasteiger partial charge in [0.05, 0.1) is 26.4 Å². The number of phosphoric acid groups is 2. The van der Waals surface area contributed by atoms with E-state index in [4.69, 9.17) is 37.0 Å². The van der Waals surface area contributed by atoms with Gasteiger partial charge in [0, 0.05) is 25.7 Å². The van der Waals surface area contributed by atoms with E-state index < -0.39 is 97.5 Å². The van der Waals surface area contributed by atoms with Crippen molar-refractivity contribution in [3.63, 3.8) is 0 Å². The van der Waals surface area contributed by atoms with Crippen LogP contribution in [0.15, 0.2) is 0 Å². The number of rotatable bonds is 71. The molecule has 0 aromatic carbocycles. The molecule has 0 aliphatic heterocycles. The van der Waals surface area contributed by atoms with Gasteiger partial charge in [-0.3, -0.25) is 37.3 Å². The van der Waals surface area contributed by atoms with Crippen LogP contribution in [0.5, 0.6) is 0 Å². The monoisotopic (exact) mass is 1370 g/mol. The van der Waals surface area contributed by atoms with Crippen molar-refractivity contribution in [3.8, 4) is 0 Å². The SMILES string of the molecule is CC(C)CCCCCCCCCCCCCCCC(=O)OC[C@H](COP(=O)(O)OCC(O)COP(=O)(O)OC[C@@H](COC(=O)CCCCCCCCCCC(C)C)OC(=O)CCCCCCCCCCCC(C)C)OC(=O)CCCCCCCCCCCCCC(C)C. The van der Waals surface area contributed by atoms with Gasteiger partial charge < -0.3 is 33.8 Å². The Morgan fingerprint density at radius 1 is 0.269 bits per heavy atom. The van der Waals surface area contributed by atoms with Crippen LogP contribution in [0.4, 0.5) is 0 Å². The molecule has 0 rings (SSSR count). The first kappa shape index (κ1) is 91.1. The Bertz CT molecular complexity index is 1830. The van der Waals surface area contributed by atoms with E-state index in [0.717, 1.165) is 114 Å². The lowest BCUT2D eigenvalue weighted by molar-refractivity contribution is -0.161. The van der Waals surface area contributed by atoms with Crippen LogP contribution in [0, 0.1) is 23.7 Å². The van der Waals surface area contributed by atoms with E-state index in [9.17, 15) is 43.2 Å². The molecule has 3 unspecified atom stereocenters. The molecular weight excluding hydrogens is 1220 g/mol. The predicted molar refractivity (Wildman–Crippen MR) is 377 cm³/mol. The second-order valence-corrected chi connectivity index (χ2v) is 31.5. The van der Waals surface area contributed by atoms with E-state index in [2.05, 4.69) is 55.4 Å². The first-order chi connectivity index (χ1) is 44.6. The summed E-state index contributed by atoms with van der Waals surface area (Å²) in [5, 5.41) is 10.6. The average Bonchev–Trinajstić information content (AvgIpc) is 1.51. The number of carbonyl (C=O) groups excluding carboxylic acids is 4. The number of aliphatic hydroxyl groups excluding tert-OH is 1. The maximum absolute atomic E-state index is 13.1. The Balaban J connectivity index is 5.26. The lowest BCUT2D eigenvalue weighted by atomic mass is 10.0. The maximum atomic E-state index is 13.1. The molecule has 0 fully saturated rings. The number of phosphoric ester groups is 2. The van der Waals surface area contributed by atoms with Crippen LogP contribution >= 0.6 is 15.6 Å². The third-order valence-electron chi connectivity index (χ3n) is 17.1. The summed E-state index contributed by atoms with van der Waals surface area (Å²) < 4.78 is 68.5. The highest BCUT2D eigenvalue weighted by Gasteiger charge is 2.30. The highest BCUT2D eigenvalue weighted by Crippen LogP contribution is 2.45. The molecular formula is C74H144O17P2. The zero-order chi connectivity index (χ0) is 68.9. The number of ether oxygens (including phenoxy) is 4. The summed E-state index contributed by atoms with van der Waals surface area (Å²) in [4.78, 5) is 72.7. The van der Waals surface area contributed by atoms with E-state index in [1.54, 1.807) is 0 Å². The highest BCUT2D eigenvalue weighted by atomic mass is 31.2. The quantitative estimate of drug-likeness (QED) is 0.0222. The van der Waals surface area contributed by atoms with E-state index in [0.29, 0.717) is 25.7 Å². The van der Waals surface area contributed by atoms with Gasteiger partial charge in [0.1, 0.15) is 19.3 Å². The number of aliphatic hydroxyl groups is 1. The standard InChI is InChI=1S/C74H144O17P2/c1-64(2)50-42-34-26-18-13-10-9-11-15-21-30-38-46-54-71(76)84-60-69(90-73(78)56-48-40-32-22-16-12-14-19-27-35-43-51-65(3)4)62-88-92(80,81)86-58-68(75)59-87-93(82,83)89-63-70(61-85-72(77)55-47-39-31-25-24-29-37-45-53-67(7)8)91-74(79)57-49-41-33-23-17-20-28-36-44-52-66(5)6/h64-70,75H,9-63H2,1-8H3,(H,80,81)(H,82,83)/t68?,69-,70-/m1/s1. The van der Waals surface area contributed by atoms with Gasteiger partial charge in [-0.1, -0.05) is 319 Å². The second kappa shape index (κ2) is 63.5. The predicted octanol–water partition coefficient (Wildman–Crippen LogP) is 21.3. The number of carbonyl (C=O) groups is 4. The van der Waals surface area contributed by atoms with E-state index in [1.165, 1.54) is 173 Å². The molecule has 552 valence electrons. The van der Waals surface area contributed by atoms with Crippen LogP contribution in [0.1, 0.15) is 370 Å². The molecule has 0 aromatic heterocycles. The molecule has 0 aromatic rings. The van der Waals surface area contributed by atoms with Gasteiger partial charge in [-0.15, -0.1) is 0 Å². The number of hydrogen-bond acceptors (Lipinski definition) is 15. The van der Waals surface area contributed by atoms with Crippen molar-refractivity contribution in [2.24, 2.45) is 23.7 Å². The minimum atomic E-state index is -4.96. The normalized spacial score (nSPS) is 14.2. The summed E-state index contributed by atoms with van der Waals surface area (Å²) in [6.07, 6.45) is 47.2. The molecule has 0 bridgehead atoms. The lowest BCUT2D eigenvalue weighted by Gasteiger charge is -2.21. The molecule has 0 saturated heterocycles. The Labute approximate surface area is 568 Å². The molecule has 0 radical (unpaired) electrons. The molecule has 17 nitrogen and oxygen atoms in total. The summed E-state index contributed by atoms with van der Waals surface area (Å²) in [6.45, 7) is 14.1. The molecule has 5 atom stereocenters. The third kappa shape index (κ3) is 68.4. The summed E-state index contributed by atoms with van der Waals surface area (Å²) in [5.41, 5.74) is 0. The molecule has 3 N–H and O–H groups in total. The van der Waals surface area contributed by atoms with Gasteiger partial charge in [0.2, 0.25) is 0 Å². The van der Waals surface area contributed by atoms with Gasteiger partial charge in [-0.25, -0.2) is 9.13 Å². The fourth-order valence-corrected chi connectivity index (χ4v) is 12.8. The van der Waals surface area contributed by atoms with E-state index in [1.807, 2.05) is 0 Å². The Kier molecular flexibility index (Phi) is 62.2. The van der Waals surface area contributed by atoms with Crippen molar-refractivity contribution in [3.05, 3.63) is 0 Å². The topological polar surface area (TPSA) is 237 Å². The summed E-state index contributed by atoms with van der Waals surface area (Å²) in [6, 6.07) is 0. The molecule has 0 amide bonds. The molecule has 0 saturated carbocycles. The van der Waals surface area contributed by atoms with E-state index in [-0.39, 0.29) is 25.7 Å². The molecule has 0 aliphatic rings. The smallest absolute Gasteiger partial charge is 0.462 e. The van der Waals surface area contributed by atoms with Crippen LogP contribution in [-0.4, -0.2) is 96.7 Å². The van der Waals surface area contributed by atoms with Crippen molar-refractivity contribution in [2.45, 2.75) is 388 Å². The molecule has 0 spiro atoms. The Hall–Kier alpha value is -1.94. The first-order valence-electron chi connectivity index (χ1n) is 38.2. The van der Waals surface area contributed by atoms with E-state index >= 15 is 0 Å². The third-order valence-corrected chi connectivity index (χ3v) is 19.0. The Morgan fingerprint density at radius 2 is 0.452 bits per heavy atom. The number of hydrogen-bond donors (Lipinski definition) is 3. The maximum Gasteiger partial charge on any atom is 0.472 e. The largest absolute Gasteiger partial charge is 0.472 e. The fourth-order valence-electron chi connectivity index (χ4n) is 11.2. The number of esters is 4. The zero-order valence-electron chi connectivity index (χ0n) is 60.9. The van der Waals surface area contributed by atoms with Crippen molar-refractivity contribution in [2.75, 3.05) is 39.6 Å².